The van der Waals surface area contributed by atoms with Crippen molar-refractivity contribution in [2.24, 2.45) is 5.10 Å². The number of ether oxygens (including phenoxy) is 1. The van der Waals surface area contributed by atoms with Crippen molar-refractivity contribution in [3.8, 4) is 5.75 Å². The Morgan fingerprint density at radius 3 is 2.52 bits per heavy atom. The molecule has 1 amide bonds. The van der Waals surface area contributed by atoms with Crippen molar-refractivity contribution in [2.45, 2.75) is 6.18 Å². The van der Waals surface area contributed by atoms with Gasteiger partial charge in [0.25, 0.3) is 5.91 Å². The Hall–Kier alpha value is -3.39. The number of rotatable bonds is 8. The summed E-state index contributed by atoms with van der Waals surface area (Å²) in [7, 11) is -2.97. The number of amides is 1. The molecule has 0 radical (unpaired) electrons. The zero-order valence-electron chi connectivity index (χ0n) is 17.0. The van der Waals surface area contributed by atoms with E-state index in [0.29, 0.717) is 22.7 Å². The van der Waals surface area contributed by atoms with Gasteiger partial charge in [-0.3, -0.25) is 19.2 Å². The topological polar surface area (TPSA) is 131 Å². The van der Waals surface area contributed by atoms with Crippen LogP contribution in [0.2, 0.25) is 5.02 Å². The van der Waals surface area contributed by atoms with Crippen molar-refractivity contribution < 1.29 is 36.0 Å². The number of carbonyl (C=O) groups is 1. The fourth-order valence-corrected chi connectivity index (χ4v) is 3.67. The summed E-state index contributed by atoms with van der Waals surface area (Å²) in [6.07, 6.45) is -3.03. The van der Waals surface area contributed by atoms with E-state index < -0.39 is 44.8 Å². The summed E-state index contributed by atoms with van der Waals surface area (Å²) < 4.78 is 68.6. The number of hydrogen-bond donors (Lipinski definition) is 1. The van der Waals surface area contributed by atoms with E-state index in [4.69, 9.17) is 16.3 Å². The number of hydrazone groups is 1. The predicted molar refractivity (Wildman–Crippen MR) is 114 cm³/mol. The molecule has 0 unspecified atom stereocenters. The number of nitro groups is 1. The number of nitrogens with one attached hydrogen (secondary N) is 1. The van der Waals surface area contributed by atoms with Gasteiger partial charge < -0.3 is 4.74 Å². The zero-order chi connectivity index (χ0) is 25.0. The smallest absolute Gasteiger partial charge is 0.416 e. The van der Waals surface area contributed by atoms with E-state index in [2.05, 4.69) is 5.10 Å². The van der Waals surface area contributed by atoms with Crippen LogP contribution in [-0.4, -0.2) is 45.4 Å². The minimum atomic E-state index is -4.77. The van der Waals surface area contributed by atoms with Crippen molar-refractivity contribution >= 4 is 45.1 Å². The SMILES string of the molecule is COc1ccc(/C=N\NC(=O)CN(c2cc(C(F)(F)F)ccc2Cl)S(C)(=O)=O)cc1[N+](=O)[O-]. The lowest BCUT2D eigenvalue weighted by Gasteiger charge is -2.23. The van der Waals surface area contributed by atoms with Crippen molar-refractivity contribution in [1.82, 2.24) is 5.43 Å². The second kappa shape index (κ2) is 10.0. The van der Waals surface area contributed by atoms with Crippen LogP contribution in [0.3, 0.4) is 0 Å². The molecule has 0 saturated heterocycles. The molecule has 1 N–H and O–H groups in total. The summed E-state index contributed by atoms with van der Waals surface area (Å²) >= 11 is 5.88. The maximum absolute atomic E-state index is 13.0. The number of anilines is 1. The normalized spacial score (nSPS) is 11.9. The van der Waals surface area contributed by atoms with Crippen molar-refractivity contribution in [3.05, 3.63) is 62.7 Å². The molecule has 33 heavy (non-hydrogen) atoms. The Bertz CT molecular complexity index is 1200. The standard InChI is InChI=1S/C18H16ClF3N4O6S/c1-32-16-6-3-11(7-15(16)26(28)29)9-23-24-17(27)10-25(33(2,30)31)14-8-12(18(20,21)22)4-5-13(14)19/h3-9H,10H2,1-2H3,(H,24,27)/b23-9-. The van der Waals surface area contributed by atoms with E-state index in [9.17, 15) is 36.5 Å². The highest BCUT2D eigenvalue weighted by atomic mass is 35.5. The third-order valence-electron chi connectivity index (χ3n) is 4.03. The molecule has 0 fully saturated rings. The summed E-state index contributed by atoms with van der Waals surface area (Å²) in [5.74, 6) is -1.00. The van der Waals surface area contributed by atoms with Crippen LogP contribution < -0.4 is 14.5 Å². The molecule has 15 heteroatoms. The van der Waals surface area contributed by atoms with Crippen LogP contribution in [0.1, 0.15) is 11.1 Å². The lowest BCUT2D eigenvalue weighted by atomic mass is 10.2. The van der Waals surface area contributed by atoms with Gasteiger partial charge in [-0.1, -0.05) is 11.6 Å². The number of benzene rings is 2. The third kappa shape index (κ3) is 6.79. The lowest BCUT2D eigenvalue weighted by molar-refractivity contribution is -0.385. The van der Waals surface area contributed by atoms with Crippen LogP contribution in [0, 0.1) is 10.1 Å². The highest BCUT2D eigenvalue weighted by Gasteiger charge is 2.33. The molecule has 0 aliphatic carbocycles. The Morgan fingerprint density at radius 2 is 1.97 bits per heavy atom. The Kier molecular flexibility index (Phi) is 7.87. The van der Waals surface area contributed by atoms with Crippen LogP contribution in [-0.2, 0) is 21.0 Å². The largest absolute Gasteiger partial charge is 0.490 e. The van der Waals surface area contributed by atoms with Crippen LogP contribution in [0.15, 0.2) is 41.5 Å². The van der Waals surface area contributed by atoms with Gasteiger partial charge in [0.1, 0.15) is 6.54 Å². The average Bonchev–Trinajstić information content (AvgIpc) is 2.70. The van der Waals surface area contributed by atoms with Gasteiger partial charge in [0.2, 0.25) is 10.0 Å². The number of halogens is 4. The summed E-state index contributed by atoms with van der Waals surface area (Å²) in [6, 6.07) is 5.89. The number of carbonyl (C=O) groups excluding carboxylic acids is 1. The average molecular weight is 509 g/mol. The maximum Gasteiger partial charge on any atom is 0.416 e. The first-order chi connectivity index (χ1) is 15.2. The second-order valence-electron chi connectivity index (χ2n) is 6.42. The van der Waals surface area contributed by atoms with Gasteiger partial charge in [-0.05, 0) is 30.3 Å². The minimum absolute atomic E-state index is 0.00273. The van der Waals surface area contributed by atoms with Gasteiger partial charge in [0, 0.05) is 11.6 Å². The first-order valence-electron chi connectivity index (χ1n) is 8.73. The van der Waals surface area contributed by atoms with Crippen molar-refractivity contribution in [2.75, 3.05) is 24.2 Å². The zero-order valence-corrected chi connectivity index (χ0v) is 18.5. The van der Waals surface area contributed by atoms with Gasteiger partial charge in [-0.15, -0.1) is 0 Å². The quantitative estimate of drug-likeness (QED) is 0.331. The van der Waals surface area contributed by atoms with E-state index in [0.717, 1.165) is 18.3 Å². The molecule has 2 aromatic carbocycles. The van der Waals surface area contributed by atoms with Crippen LogP contribution in [0.4, 0.5) is 24.5 Å². The molecule has 2 aromatic rings. The lowest BCUT2D eigenvalue weighted by Crippen LogP contribution is -2.39. The number of nitrogens with zero attached hydrogens (tertiary/aromatic N) is 3. The fraction of sp³-hybridized carbons (Fsp3) is 0.222. The molecular weight excluding hydrogens is 493 g/mol. The Balaban J connectivity index is 2.23. The van der Waals surface area contributed by atoms with E-state index in [-0.39, 0.29) is 22.0 Å². The Morgan fingerprint density at radius 1 is 1.30 bits per heavy atom. The van der Waals surface area contributed by atoms with Gasteiger partial charge in [0.05, 0.1) is 40.8 Å². The van der Waals surface area contributed by atoms with Gasteiger partial charge in [0.15, 0.2) is 5.75 Å². The van der Waals surface area contributed by atoms with Gasteiger partial charge in [-0.2, -0.15) is 18.3 Å². The van der Waals surface area contributed by atoms with Crippen LogP contribution >= 0.6 is 11.6 Å². The molecule has 0 aliphatic heterocycles. The van der Waals surface area contributed by atoms with E-state index in [1.165, 1.54) is 19.2 Å². The van der Waals surface area contributed by atoms with Crippen LogP contribution in [0.25, 0.3) is 0 Å². The molecule has 2 rings (SSSR count). The first kappa shape index (κ1) is 25.9. The summed E-state index contributed by atoms with van der Waals surface area (Å²) in [4.78, 5) is 22.6. The van der Waals surface area contributed by atoms with E-state index in [1.54, 1.807) is 0 Å². The van der Waals surface area contributed by atoms with E-state index in [1.807, 2.05) is 5.43 Å². The molecule has 0 bridgehead atoms. The number of hydrogen-bond acceptors (Lipinski definition) is 7. The van der Waals surface area contributed by atoms with Gasteiger partial charge in [-0.25, -0.2) is 13.8 Å². The molecule has 0 saturated carbocycles. The molecule has 10 nitrogen and oxygen atoms in total. The maximum atomic E-state index is 13.0. The van der Waals surface area contributed by atoms with Crippen molar-refractivity contribution in [1.29, 1.82) is 0 Å². The minimum Gasteiger partial charge on any atom is -0.490 e. The van der Waals surface area contributed by atoms with Gasteiger partial charge >= 0.3 is 11.9 Å². The second-order valence-corrected chi connectivity index (χ2v) is 8.73. The molecule has 0 spiro atoms. The fourth-order valence-electron chi connectivity index (χ4n) is 2.54. The number of methoxy groups -OCH3 is 1. The summed E-state index contributed by atoms with van der Waals surface area (Å²) in [5, 5.41) is 14.3. The highest BCUT2D eigenvalue weighted by molar-refractivity contribution is 7.92. The Labute approximate surface area is 190 Å². The molecule has 0 aromatic heterocycles. The predicted octanol–water partition coefficient (Wildman–Crippen LogP) is 3.19. The van der Waals surface area contributed by atoms with Crippen molar-refractivity contribution in [3.63, 3.8) is 0 Å². The summed E-state index contributed by atoms with van der Waals surface area (Å²) in [5.41, 5.74) is 0.163. The molecular formula is C18H16ClF3N4O6S. The number of alkyl halides is 3. The molecule has 0 atom stereocenters. The molecule has 0 aliphatic rings. The first-order valence-corrected chi connectivity index (χ1v) is 11.0. The number of sulfonamides is 1. The van der Waals surface area contributed by atoms with E-state index >= 15 is 0 Å². The number of nitro benzene ring substituents is 1. The third-order valence-corrected chi connectivity index (χ3v) is 5.48. The van der Waals surface area contributed by atoms with Crippen LogP contribution in [0.5, 0.6) is 5.75 Å². The molecule has 0 heterocycles. The molecule has 178 valence electrons. The monoisotopic (exact) mass is 508 g/mol. The highest BCUT2D eigenvalue weighted by Crippen LogP contribution is 2.36. The summed E-state index contributed by atoms with van der Waals surface area (Å²) in [6.45, 7) is -0.931.